The SMILES string of the molecule is CC(Sc1ccc2ccccc2n1)C(=O)NCC1CCCO1. The van der Waals surface area contributed by atoms with Gasteiger partial charge in [0.15, 0.2) is 0 Å². The first-order valence-electron chi connectivity index (χ1n) is 7.64. The van der Waals surface area contributed by atoms with Crippen LogP contribution in [0.25, 0.3) is 10.9 Å². The Balaban J connectivity index is 1.57. The molecule has 5 heteroatoms. The molecule has 0 aliphatic carbocycles. The lowest BCUT2D eigenvalue weighted by Crippen LogP contribution is -2.36. The smallest absolute Gasteiger partial charge is 0.233 e. The molecular weight excluding hydrogens is 296 g/mol. The zero-order valence-corrected chi connectivity index (χ0v) is 13.4. The van der Waals surface area contributed by atoms with Crippen LogP contribution in [-0.2, 0) is 9.53 Å². The lowest BCUT2D eigenvalue weighted by atomic mass is 10.2. The summed E-state index contributed by atoms with van der Waals surface area (Å²) >= 11 is 1.49. The van der Waals surface area contributed by atoms with Crippen LogP contribution in [0.4, 0.5) is 0 Å². The number of aromatic nitrogens is 1. The van der Waals surface area contributed by atoms with E-state index in [0.29, 0.717) is 6.54 Å². The summed E-state index contributed by atoms with van der Waals surface area (Å²) in [4.78, 5) is 16.7. The van der Waals surface area contributed by atoms with E-state index in [1.165, 1.54) is 11.8 Å². The lowest BCUT2D eigenvalue weighted by Gasteiger charge is -2.14. The molecule has 1 amide bonds. The highest BCUT2D eigenvalue weighted by atomic mass is 32.2. The third-order valence-electron chi connectivity index (χ3n) is 3.77. The number of hydrogen-bond acceptors (Lipinski definition) is 4. The first-order chi connectivity index (χ1) is 10.7. The average Bonchev–Trinajstić information content (AvgIpc) is 3.06. The standard InChI is InChI=1S/C17H20N2O2S/c1-12(17(20)18-11-14-6-4-10-21-14)22-16-9-8-13-5-2-3-7-15(13)19-16/h2-3,5,7-9,12,14H,4,6,10-11H2,1H3,(H,18,20). The summed E-state index contributed by atoms with van der Waals surface area (Å²) in [5.41, 5.74) is 0.958. The highest BCUT2D eigenvalue weighted by Gasteiger charge is 2.19. The number of fused-ring (bicyclic) bond motifs is 1. The molecule has 0 radical (unpaired) electrons. The second-order valence-electron chi connectivity index (χ2n) is 5.48. The molecule has 116 valence electrons. The molecule has 1 saturated heterocycles. The van der Waals surface area contributed by atoms with E-state index in [2.05, 4.69) is 10.3 Å². The Hall–Kier alpha value is -1.59. The van der Waals surface area contributed by atoms with Gasteiger partial charge >= 0.3 is 0 Å². The first kappa shape index (κ1) is 15.3. The third-order valence-corrected chi connectivity index (χ3v) is 4.80. The maximum absolute atomic E-state index is 12.2. The number of nitrogens with zero attached hydrogens (tertiary/aromatic N) is 1. The van der Waals surface area contributed by atoms with Crippen LogP contribution in [0, 0.1) is 0 Å². The first-order valence-corrected chi connectivity index (χ1v) is 8.52. The summed E-state index contributed by atoms with van der Waals surface area (Å²) < 4.78 is 5.52. The molecule has 1 aliphatic heterocycles. The number of para-hydroxylation sites is 1. The third kappa shape index (κ3) is 3.78. The number of amides is 1. The van der Waals surface area contributed by atoms with Crippen LogP contribution in [0.2, 0.25) is 0 Å². The van der Waals surface area contributed by atoms with Gasteiger partial charge in [0, 0.05) is 18.5 Å². The van der Waals surface area contributed by atoms with E-state index in [1.807, 2.05) is 43.3 Å². The molecule has 1 N–H and O–H groups in total. The molecule has 1 fully saturated rings. The number of thioether (sulfide) groups is 1. The molecule has 2 aromatic rings. The van der Waals surface area contributed by atoms with Gasteiger partial charge in [-0.05, 0) is 31.9 Å². The van der Waals surface area contributed by atoms with E-state index in [4.69, 9.17) is 4.74 Å². The molecule has 1 aliphatic rings. The number of nitrogens with one attached hydrogen (secondary N) is 1. The van der Waals surface area contributed by atoms with Crippen LogP contribution in [0.3, 0.4) is 0 Å². The largest absolute Gasteiger partial charge is 0.376 e. The van der Waals surface area contributed by atoms with Crippen molar-refractivity contribution in [1.82, 2.24) is 10.3 Å². The fourth-order valence-corrected chi connectivity index (χ4v) is 3.36. The van der Waals surface area contributed by atoms with Gasteiger partial charge in [-0.3, -0.25) is 4.79 Å². The molecular formula is C17H20N2O2S. The Morgan fingerprint density at radius 3 is 3.09 bits per heavy atom. The van der Waals surface area contributed by atoms with Gasteiger partial charge < -0.3 is 10.1 Å². The number of rotatable bonds is 5. The van der Waals surface area contributed by atoms with Crippen molar-refractivity contribution in [2.45, 2.75) is 36.1 Å². The van der Waals surface area contributed by atoms with E-state index < -0.39 is 0 Å². The van der Waals surface area contributed by atoms with E-state index in [1.54, 1.807) is 0 Å². The summed E-state index contributed by atoms with van der Waals surface area (Å²) in [6.45, 7) is 3.33. The number of carbonyl (C=O) groups excluding carboxylic acids is 1. The van der Waals surface area contributed by atoms with Gasteiger partial charge in [0.05, 0.1) is 21.9 Å². The summed E-state index contributed by atoms with van der Waals surface area (Å²) in [5.74, 6) is 0.0375. The van der Waals surface area contributed by atoms with Crippen molar-refractivity contribution in [3.8, 4) is 0 Å². The maximum atomic E-state index is 12.2. The summed E-state index contributed by atoms with van der Waals surface area (Å²) in [6.07, 6.45) is 2.31. The zero-order chi connectivity index (χ0) is 15.4. The van der Waals surface area contributed by atoms with E-state index in [0.717, 1.165) is 35.4 Å². The highest BCUT2D eigenvalue weighted by molar-refractivity contribution is 8.00. The number of hydrogen-bond donors (Lipinski definition) is 1. The lowest BCUT2D eigenvalue weighted by molar-refractivity contribution is -0.120. The zero-order valence-electron chi connectivity index (χ0n) is 12.6. The Morgan fingerprint density at radius 1 is 1.41 bits per heavy atom. The fourth-order valence-electron chi connectivity index (χ4n) is 2.51. The average molecular weight is 316 g/mol. The molecule has 0 saturated carbocycles. The molecule has 0 bridgehead atoms. The van der Waals surface area contributed by atoms with Crippen LogP contribution in [0.1, 0.15) is 19.8 Å². The van der Waals surface area contributed by atoms with Crippen LogP contribution in [-0.4, -0.2) is 35.4 Å². The second kappa shape index (κ2) is 7.11. The second-order valence-corrected chi connectivity index (χ2v) is 6.84. The number of pyridine rings is 1. The van der Waals surface area contributed by atoms with Crippen LogP contribution in [0.15, 0.2) is 41.4 Å². The minimum Gasteiger partial charge on any atom is -0.376 e. The Labute approximate surface area is 134 Å². The maximum Gasteiger partial charge on any atom is 0.233 e. The van der Waals surface area contributed by atoms with Crippen molar-refractivity contribution < 1.29 is 9.53 Å². The van der Waals surface area contributed by atoms with Gasteiger partial charge in [-0.25, -0.2) is 4.98 Å². The van der Waals surface area contributed by atoms with E-state index >= 15 is 0 Å². The monoisotopic (exact) mass is 316 g/mol. The summed E-state index contributed by atoms with van der Waals surface area (Å²) in [7, 11) is 0. The van der Waals surface area contributed by atoms with Crippen molar-refractivity contribution in [2.24, 2.45) is 0 Å². The van der Waals surface area contributed by atoms with Gasteiger partial charge in [-0.1, -0.05) is 36.0 Å². The molecule has 2 unspecified atom stereocenters. The molecule has 0 spiro atoms. The van der Waals surface area contributed by atoms with Gasteiger partial charge in [0.2, 0.25) is 5.91 Å². The minimum atomic E-state index is -0.171. The molecule has 2 atom stereocenters. The van der Waals surface area contributed by atoms with Gasteiger partial charge in [-0.2, -0.15) is 0 Å². The number of ether oxygens (including phenoxy) is 1. The van der Waals surface area contributed by atoms with Gasteiger partial charge in [-0.15, -0.1) is 0 Å². The molecule has 4 nitrogen and oxygen atoms in total. The van der Waals surface area contributed by atoms with E-state index in [9.17, 15) is 4.79 Å². The normalized spacial score (nSPS) is 19.2. The quantitative estimate of drug-likeness (QED) is 0.862. The van der Waals surface area contributed by atoms with Crippen molar-refractivity contribution in [3.63, 3.8) is 0 Å². The van der Waals surface area contributed by atoms with Gasteiger partial charge in [0.1, 0.15) is 0 Å². The van der Waals surface area contributed by atoms with Crippen molar-refractivity contribution >= 4 is 28.6 Å². The molecule has 3 rings (SSSR count). The number of carbonyl (C=O) groups is 1. The molecule has 1 aromatic carbocycles. The fraction of sp³-hybridized carbons (Fsp3) is 0.412. The summed E-state index contributed by atoms with van der Waals surface area (Å²) in [6, 6.07) is 12.0. The van der Waals surface area contributed by atoms with Crippen molar-refractivity contribution in [3.05, 3.63) is 36.4 Å². The van der Waals surface area contributed by atoms with Crippen LogP contribution < -0.4 is 5.32 Å². The topological polar surface area (TPSA) is 51.2 Å². The van der Waals surface area contributed by atoms with Gasteiger partial charge in [0.25, 0.3) is 0 Å². The predicted molar refractivity (Wildman–Crippen MR) is 89.0 cm³/mol. The highest BCUT2D eigenvalue weighted by Crippen LogP contribution is 2.24. The van der Waals surface area contributed by atoms with Crippen LogP contribution >= 0.6 is 11.8 Å². The van der Waals surface area contributed by atoms with E-state index in [-0.39, 0.29) is 17.3 Å². The number of benzene rings is 1. The predicted octanol–water partition coefficient (Wildman–Crippen LogP) is 3.01. The van der Waals surface area contributed by atoms with Crippen molar-refractivity contribution in [2.75, 3.05) is 13.2 Å². The molecule has 1 aromatic heterocycles. The minimum absolute atomic E-state index is 0.0375. The van der Waals surface area contributed by atoms with Crippen molar-refractivity contribution in [1.29, 1.82) is 0 Å². The molecule has 2 heterocycles. The summed E-state index contributed by atoms with van der Waals surface area (Å²) in [5, 5.41) is 4.78. The Morgan fingerprint density at radius 2 is 2.27 bits per heavy atom. The molecule has 22 heavy (non-hydrogen) atoms. The Bertz CT molecular complexity index is 656. The Kier molecular flexibility index (Phi) is 4.95. The van der Waals surface area contributed by atoms with Crippen LogP contribution in [0.5, 0.6) is 0 Å².